The zero-order chi connectivity index (χ0) is 24.7. The van der Waals surface area contributed by atoms with Crippen LogP contribution in [0.3, 0.4) is 0 Å². The van der Waals surface area contributed by atoms with Crippen molar-refractivity contribution in [3.05, 3.63) is 76.6 Å². The lowest BCUT2D eigenvalue weighted by molar-refractivity contribution is -0.126. The highest BCUT2D eigenvalue weighted by molar-refractivity contribution is 6.31. The Balaban J connectivity index is 1.66. The fourth-order valence-electron chi connectivity index (χ4n) is 3.99. The predicted octanol–water partition coefficient (Wildman–Crippen LogP) is 4.65. The quantitative estimate of drug-likeness (QED) is 0.484. The fraction of sp³-hybridized carbons (Fsp3) is 0.346. The van der Waals surface area contributed by atoms with E-state index in [-0.39, 0.29) is 11.8 Å². The Labute approximate surface area is 206 Å². The molecule has 2 N–H and O–H groups in total. The molecule has 0 aliphatic carbocycles. The Morgan fingerprint density at radius 1 is 1.26 bits per heavy atom. The van der Waals surface area contributed by atoms with E-state index < -0.39 is 12.1 Å². The Hall–Kier alpha value is -3.32. The standard InChI is InChI=1S/C26H32ClN5O2/c1-5-31(21-12-7-6-8-13-21)16-15-29-25(33)18(2)24-30-19(3)22(26(34)32(24)28-4)17-20-11-9-10-14-23(20)27/h6-14,18,24,34H,4-5,15-17H2,1-3H3,(H,29,33). The number of allylic oxidation sites excluding steroid dienone is 1. The van der Waals surface area contributed by atoms with E-state index in [4.69, 9.17) is 16.6 Å². The second-order valence-corrected chi connectivity index (χ2v) is 8.59. The molecule has 2 aromatic rings. The number of rotatable bonds is 10. The number of nitrogens with zero attached hydrogens (tertiary/aromatic N) is 4. The zero-order valence-corrected chi connectivity index (χ0v) is 20.7. The number of anilines is 1. The number of hydrazone groups is 1. The van der Waals surface area contributed by atoms with Gasteiger partial charge < -0.3 is 15.3 Å². The van der Waals surface area contributed by atoms with Crippen molar-refractivity contribution >= 4 is 35.6 Å². The number of aliphatic hydroxyl groups excluding tert-OH is 1. The summed E-state index contributed by atoms with van der Waals surface area (Å²) in [6.45, 7) is 11.3. The maximum atomic E-state index is 12.9. The highest BCUT2D eigenvalue weighted by atomic mass is 35.5. The van der Waals surface area contributed by atoms with Crippen LogP contribution in [0.5, 0.6) is 0 Å². The first-order chi connectivity index (χ1) is 16.4. The summed E-state index contributed by atoms with van der Waals surface area (Å²) in [5.74, 6) is -0.786. The first-order valence-electron chi connectivity index (χ1n) is 11.4. The summed E-state index contributed by atoms with van der Waals surface area (Å²) < 4.78 is 0. The number of nitrogens with one attached hydrogen (secondary N) is 1. The van der Waals surface area contributed by atoms with Crippen LogP contribution in [-0.4, -0.2) is 54.3 Å². The lowest BCUT2D eigenvalue weighted by atomic mass is 9.98. The van der Waals surface area contributed by atoms with Gasteiger partial charge in [0.25, 0.3) is 0 Å². The van der Waals surface area contributed by atoms with E-state index in [1.54, 1.807) is 13.0 Å². The summed E-state index contributed by atoms with van der Waals surface area (Å²) in [7, 11) is 0. The zero-order valence-electron chi connectivity index (χ0n) is 19.9. The number of amides is 1. The van der Waals surface area contributed by atoms with E-state index >= 15 is 0 Å². The number of hydrogen-bond donors (Lipinski definition) is 2. The number of aliphatic imine (C=N–C) groups is 1. The molecule has 3 rings (SSSR count). The van der Waals surface area contributed by atoms with Crippen LogP contribution < -0.4 is 10.2 Å². The number of carbonyl (C=O) groups is 1. The molecule has 0 fully saturated rings. The van der Waals surface area contributed by atoms with Crippen LogP contribution in [0.2, 0.25) is 5.02 Å². The highest BCUT2D eigenvalue weighted by Gasteiger charge is 2.35. The van der Waals surface area contributed by atoms with Crippen LogP contribution in [0.1, 0.15) is 26.3 Å². The number of aliphatic hydroxyl groups is 1. The summed E-state index contributed by atoms with van der Waals surface area (Å²) >= 11 is 6.30. The van der Waals surface area contributed by atoms with E-state index in [1.165, 1.54) is 5.01 Å². The van der Waals surface area contributed by atoms with Crippen molar-refractivity contribution < 1.29 is 9.90 Å². The van der Waals surface area contributed by atoms with Gasteiger partial charge in [0, 0.05) is 54.8 Å². The average Bonchev–Trinajstić information content (AvgIpc) is 2.85. The third-order valence-electron chi connectivity index (χ3n) is 6.02. The van der Waals surface area contributed by atoms with Gasteiger partial charge in [0.1, 0.15) is 0 Å². The second kappa shape index (κ2) is 11.7. The SMILES string of the molecule is C=NN1C(O)=C(Cc2ccccc2Cl)C(C)=NC1C(C)C(=O)NCCN(CC)c1ccccc1. The van der Waals surface area contributed by atoms with Crippen LogP contribution in [0.15, 0.2) is 76.1 Å². The first kappa shape index (κ1) is 25.3. The van der Waals surface area contributed by atoms with Gasteiger partial charge in [-0.25, -0.2) is 5.01 Å². The Morgan fingerprint density at radius 3 is 2.59 bits per heavy atom. The molecular formula is C26H32ClN5O2. The topological polar surface area (TPSA) is 80.5 Å². The molecular weight excluding hydrogens is 450 g/mol. The Morgan fingerprint density at radius 2 is 1.94 bits per heavy atom. The maximum Gasteiger partial charge on any atom is 0.227 e. The predicted molar refractivity (Wildman–Crippen MR) is 140 cm³/mol. The molecule has 8 heteroatoms. The van der Waals surface area contributed by atoms with Gasteiger partial charge in [0.2, 0.25) is 11.8 Å². The molecule has 1 aliphatic heterocycles. The number of hydrogen-bond acceptors (Lipinski definition) is 6. The van der Waals surface area contributed by atoms with Crippen LogP contribution in [0, 0.1) is 5.92 Å². The van der Waals surface area contributed by atoms with Crippen molar-refractivity contribution in [3.63, 3.8) is 0 Å². The number of halogens is 1. The third kappa shape index (κ3) is 5.78. The average molecular weight is 482 g/mol. The van der Waals surface area contributed by atoms with Crippen LogP contribution >= 0.6 is 11.6 Å². The third-order valence-corrected chi connectivity index (χ3v) is 6.39. The number of carbonyl (C=O) groups excluding carboxylic acids is 1. The van der Waals surface area contributed by atoms with Crippen LogP contribution in [0.4, 0.5) is 5.69 Å². The van der Waals surface area contributed by atoms with Gasteiger partial charge in [-0.3, -0.25) is 9.79 Å². The van der Waals surface area contributed by atoms with Gasteiger partial charge in [-0.15, -0.1) is 0 Å². The Bertz CT molecular complexity index is 1070. The molecule has 2 unspecified atom stereocenters. The molecule has 7 nitrogen and oxygen atoms in total. The molecule has 0 spiro atoms. The molecule has 0 saturated heterocycles. The molecule has 1 aliphatic rings. The maximum absolute atomic E-state index is 12.9. The molecule has 0 saturated carbocycles. The minimum atomic E-state index is -0.691. The minimum Gasteiger partial charge on any atom is -0.493 e. The summed E-state index contributed by atoms with van der Waals surface area (Å²) in [6.07, 6.45) is -0.296. The van der Waals surface area contributed by atoms with E-state index in [0.29, 0.717) is 35.8 Å². The van der Waals surface area contributed by atoms with Gasteiger partial charge >= 0.3 is 0 Å². The minimum absolute atomic E-state index is 0.0618. The van der Waals surface area contributed by atoms with Gasteiger partial charge in [0.05, 0.1) is 5.92 Å². The van der Waals surface area contributed by atoms with Crippen molar-refractivity contribution in [2.75, 3.05) is 24.5 Å². The monoisotopic (exact) mass is 481 g/mol. The van der Waals surface area contributed by atoms with Crippen molar-refractivity contribution in [1.82, 2.24) is 10.3 Å². The fourth-order valence-corrected chi connectivity index (χ4v) is 4.19. The molecule has 0 aromatic heterocycles. The largest absolute Gasteiger partial charge is 0.493 e. The highest BCUT2D eigenvalue weighted by Crippen LogP contribution is 2.29. The molecule has 2 aromatic carbocycles. The van der Waals surface area contributed by atoms with E-state index in [1.807, 2.05) is 43.3 Å². The van der Waals surface area contributed by atoms with E-state index in [9.17, 15) is 9.90 Å². The van der Waals surface area contributed by atoms with Gasteiger partial charge in [-0.05, 0) is 44.5 Å². The van der Waals surface area contributed by atoms with Crippen molar-refractivity contribution in [1.29, 1.82) is 0 Å². The normalized spacial score (nSPS) is 16.6. The van der Waals surface area contributed by atoms with Crippen molar-refractivity contribution in [2.24, 2.45) is 16.0 Å². The molecule has 0 radical (unpaired) electrons. The van der Waals surface area contributed by atoms with Gasteiger partial charge in [-0.1, -0.05) is 48.0 Å². The number of para-hydroxylation sites is 1. The Kier molecular flexibility index (Phi) is 8.71. The summed E-state index contributed by atoms with van der Waals surface area (Å²) in [6, 6.07) is 17.5. The lowest BCUT2D eigenvalue weighted by Gasteiger charge is -2.34. The second-order valence-electron chi connectivity index (χ2n) is 8.18. The van der Waals surface area contributed by atoms with E-state index in [0.717, 1.165) is 17.8 Å². The van der Waals surface area contributed by atoms with Gasteiger partial charge in [0.15, 0.2) is 6.17 Å². The van der Waals surface area contributed by atoms with Crippen molar-refractivity contribution in [2.45, 2.75) is 33.4 Å². The smallest absolute Gasteiger partial charge is 0.227 e. The molecule has 0 bridgehead atoms. The molecule has 1 amide bonds. The van der Waals surface area contributed by atoms with Crippen LogP contribution in [-0.2, 0) is 11.2 Å². The molecule has 34 heavy (non-hydrogen) atoms. The summed E-state index contributed by atoms with van der Waals surface area (Å²) in [4.78, 5) is 19.8. The lowest BCUT2D eigenvalue weighted by Crippen LogP contribution is -2.46. The van der Waals surface area contributed by atoms with Crippen LogP contribution in [0.25, 0.3) is 0 Å². The molecule has 1 heterocycles. The summed E-state index contributed by atoms with van der Waals surface area (Å²) in [5, 5.41) is 19.9. The molecule has 180 valence electrons. The number of likely N-dealkylation sites (N-methyl/N-ethyl adjacent to an activating group) is 1. The summed E-state index contributed by atoms with van der Waals surface area (Å²) in [5.41, 5.74) is 3.23. The van der Waals surface area contributed by atoms with Crippen molar-refractivity contribution in [3.8, 4) is 0 Å². The number of benzene rings is 2. The van der Waals surface area contributed by atoms with Gasteiger partial charge in [-0.2, -0.15) is 5.10 Å². The molecule has 2 atom stereocenters. The van der Waals surface area contributed by atoms with E-state index in [2.05, 4.69) is 41.1 Å². The first-order valence-corrected chi connectivity index (χ1v) is 11.8.